The molecule has 0 radical (unpaired) electrons. The number of pyridine rings is 1. The molecule has 1 aromatic heterocycles. The molecule has 10 aromatic rings. The predicted octanol–water partition coefficient (Wildman–Crippen LogP) is 15.4. The molecule has 0 saturated heterocycles. The Morgan fingerprint density at radius 1 is 0.426 bits per heavy atom. The molecule has 2 atom stereocenters. The van der Waals surface area contributed by atoms with E-state index in [2.05, 4.69) is 199 Å². The maximum absolute atomic E-state index is 6.92. The molecule has 9 aromatic carbocycles. The van der Waals surface area contributed by atoms with Crippen molar-refractivity contribution in [3.63, 3.8) is 0 Å². The second-order valence-electron chi connectivity index (χ2n) is 16.5. The number of hydrogen-bond donors (Lipinski definition) is 0. The summed E-state index contributed by atoms with van der Waals surface area (Å²) in [6.07, 6.45) is 10.3. The van der Waals surface area contributed by atoms with Crippen LogP contribution in [0.15, 0.2) is 213 Å². The first-order valence-electron chi connectivity index (χ1n) is 21.2. The van der Waals surface area contributed by atoms with E-state index < -0.39 is 0 Å². The van der Waals surface area contributed by atoms with Gasteiger partial charge in [0.1, 0.15) is 11.9 Å². The normalized spacial score (nSPS) is 15.7. The van der Waals surface area contributed by atoms with E-state index >= 15 is 0 Å². The van der Waals surface area contributed by atoms with E-state index in [0.29, 0.717) is 0 Å². The minimum absolute atomic E-state index is 0.0849. The maximum Gasteiger partial charge on any atom is 0.135 e. The van der Waals surface area contributed by atoms with Gasteiger partial charge in [-0.3, -0.25) is 4.98 Å². The molecule has 0 amide bonds. The lowest BCUT2D eigenvalue weighted by atomic mass is 9.82. The Bertz CT molecular complexity index is 3400. The van der Waals surface area contributed by atoms with E-state index in [0.717, 1.165) is 22.4 Å². The lowest BCUT2D eigenvalue weighted by Crippen LogP contribution is -2.21. The molecule has 2 unspecified atom stereocenters. The Morgan fingerprint density at radius 2 is 1.03 bits per heavy atom. The van der Waals surface area contributed by atoms with Gasteiger partial charge in [0.2, 0.25) is 0 Å². The monoisotopic (exact) mass is 775 g/mol. The summed E-state index contributed by atoms with van der Waals surface area (Å²) in [5.41, 5.74) is 18.5. The van der Waals surface area contributed by atoms with Crippen LogP contribution in [-0.4, -0.2) is 11.1 Å². The average molecular weight is 776 g/mol. The number of aromatic nitrogens is 1. The van der Waals surface area contributed by atoms with E-state index in [-0.39, 0.29) is 12.0 Å². The summed E-state index contributed by atoms with van der Waals surface area (Å²) in [6.45, 7) is 0. The summed E-state index contributed by atoms with van der Waals surface area (Å²) in [4.78, 5) is 4.40. The van der Waals surface area contributed by atoms with Gasteiger partial charge < -0.3 is 4.74 Å². The Balaban J connectivity index is 0.962. The highest BCUT2D eigenvalue weighted by Crippen LogP contribution is 2.58. The Labute approximate surface area is 354 Å². The molecular weight excluding hydrogens is 739 g/mol. The third-order valence-corrected chi connectivity index (χ3v) is 13.3. The van der Waals surface area contributed by atoms with Crippen molar-refractivity contribution in [3.05, 3.63) is 224 Å². The van der Waals surface area contributed by atoms with E-state index in [1.54, 1.807) is 0 Å². The molecule has 2 aliphatic carbocycles. The topological polar surface area (TPSA) is 22.1 Å². The number of ether oxygens (including phenoxy) is 1. The standard InChI is InChI=1S/C59H37NO/c1-3-13-37(14-4-1)53-47-18-7-8-19-48(47)54(38-15-5-2-6-16-38)57-52-31-30-43(46-22-11-25-51(55(46)52)56(53)57)39-28-26-36-27-29-40(34-42(36)33-39)44-20-9-23-49-50-24-10-21-45(59(50)61-58(44)49)41-17-12-32-60-35-41/h1-35,50,59H. The molecule has 1 aliphatic heterocycles. The average Bonchev–Trinajstić information content (AvgIpc) is 3.88. The Kier molecular flexibility index (Phi) is 7.46. The van der Waals surface area contributed by atoms with E-state index in [9.17, 15) is 0 Å². The SMILES string of the molecule is C1=CC2c3cccc(-c4ccc5ccc(-c6ccc7c8c(cccc68)-c6c-7c(-c7ccccc7)c7ccccc7c6-c6ccccc6)cc5c4)c3OC2C(c2cccnc2)=C1. The number of benzene rings is 9. The molecule has 0 N–H and O–H groups in total. The fraction of sp³-hybridized carbons (Fsp3) is 0.0339. The zero-order valence-corrected chi connectivity index (χ0v) is 33.2. The van der Waals surface area contributed by atoms with E-state index in [1.807, 2.05) is 18.5 Å². The Morgan fingerprint density at radius 3 is 1.74 bits per heavy atom. The van der Waals surface area contributed by atoms with Crippen LogP contribution in [-0.2, 0) is 0 Å². The van der Waals surface area contributed by atoms with Crippen LogP contribution < -0.4 is 4.74 Å². The molecule has 0 spiro atoms. The molecule has 2 heterocycles. The highest BCUT2D eigenvalue weighted by Gasteiger charge is 2.38. The predicted molar refractivity (Wildman–Crippen MR) is 254 cm³/mol. The lowest BCUT2D eigenvalue weighted by molar-refractivity contribution is 0.279. The summed E-state index contributed by atoms with van der Waals surface area (Å²) < 4.78 is 6.92. The molecule has 0 bridgehead atoms. The van der Waals surface area contributed by atoms with Gasteiger partial charge in [0, 0.05) is 35.0 Å². The molecule has 61 heavy (non-hydrogen) atoms. The van der Waals surface area contributed by atoms with Gasteiger partial charge in [0.25, 0.3) is 0 Å². The largest absolute Gasteiger partial charge is 0.484 e. The minimum atomic E-state index is -0.0849. The first-order valence-corrected chi connectivity index (χ1v) is 21.2. The fourth-order valence-corrected chi connectivity index (χ4v) is 10.6. The van der Waals surface area contributed by atoms with Gasteiger partial charge in [-0.2, -0.15) is 0 Å². The highest BCUT2D eigenvalue weighted by molar-refractivity contribution is 6.28. The van der Waals surface area contributed by atoms with Crippen LogP contribution >= 0.6 is 0 Å². The molecule has 3 aliphatic rings. The molecule has 2 heteroatoms. The van der Waals surface area contributed by atoms with E-state index in [4.69, 9.17) is 4.74 Å². The lowest BCUT2D eigenvalue weighted by Gasteiger charge is -2.22. The van der Waals surface area contributed by atoms with Crippen molar-refractivity contribution in [3.8, 4) is 72.5 Å². The van der Waals surface area contributed by atoms with Crippen molar-refractivity contribution in [2.45, 2.75) is 12.0 Å². The van der Waals surface area contributed by atoms with Gasteiger partial charge in [-0.1, -0.05) is 182 Å². The molecule has 284 valence electrons. The van der Waals surface area contributed by atoms with Gasteiger partial charge in [-0.05, 0) is 117 Å². The molecule has 13 rings (SSSR count). The van der Waals surface area contributed by atoms with Crippen LogP contribution in [0.1, 0.15) is 17.0 Å². The summed E-state index contributed by atoms with van der Waals surface area (Å²) in [5.74, 6) is 1.13. The van der Waals surface area contributed by atoms with Crippen molar-refractivity contribution in [1.29, 1.82) is 0 Å². The quantitative estimate of drug-likeness (QED) is 0.174. The molecule has 2 nitrogen and oxygen atoms in total. The van der Waals surface area contributed by atoms with Crippen LogP contribution in [0.4, 0.5) is 0 Å². The van der Waals surface area contributed by atoms with Crippen molar-refractivity contribution in [2.75, 3.05) is 0 Å². The summed E-state index contributed by atoms with van der Waals surface area (Å²) in [5, 5.41) is 7.55. The minimum Gasteiger partial charge on any atom is -0.484 e. The van der Waals surface area contributed by atoms with Crippen LogP contribution in [0.5, 0.6) is 5.75 Å². The molecular formula is C59H37NO. The van der Waals surface area contributed by atoms with Crippen molar-refractivity contribution < 1.29 is 4.74 Å². The van der Waals surface area contributed by atoms with Gasteiger partial charge in [-0.15, -0.1) is 0 Å². The maximum atomic E-state index is 6.92. The number of fused-ring (bicyclic) bond motifs is 8. The van der Waals surface area contributed by atoms with Crippen molar-refractivity contribution in [1.82, 2.24) is 4.98 Å². The number of hydrogen-bond acceptors (Lipinski definition) is 2. The van der Waals surface area contributed by atoms with Gasteiger partial charge in [0.05, 0.1) is 0 Å². The number of nitrogens with zero attached hydrogens (tertiary/aromatic N) is 1. The van der Waals surface area contributed by atoms with Crippen LogP contribution in [0.3, 0.4) is 0 Å². The third-order valence-electron chi connectivity index (χ3n) is 13.3. The zero-order chi connectivity index (χ0) is 40.0. The molecule has 0 saturated carbocycles. The number of para-hydroxylation sites is 1. The summed E-state index contributed by atoms with van der Waals surface area (Å²) in [6, 6.07) is 67.0. The first-order chi connectivity index (χ1) is 30.3. The zero-order valence-electron chi connectivity index (χ0n) is 33.2. The van der Waals surface area contributed by atoms with Crippen LogP contribution in [0.25, 0.3) is 105 Å². The smallest absolute Gasteiger partial charge is 0.135 e. The second kappa shape index (κ2) is 13.4. The van der Waals surface area contributed by atoms with Crippen molar-refractivity contribution >= 4 is 37.9 Å². The van der Waals surface area contributed by atoms with Crippen molar-refractivity contribution in [2.24, 2.45) is 0 Å². The number of rotatable bonds is 5. The van der Waals surface area contributed by atoms with E-state index in [1.165, 1.54) is 99.1 Å². The fourth-order valence-electron chi connectivity index (χ4n) is 10.6. The van der Waals surface area contributed by atoms with Gasteiger partial charge in [0.15, 0.2) is 0 Å². The van der Waals surface area contributed by atoms with Crippen LogP contribution in [0.2, 0.25) is 0 Å². The van der Waals surface area contributed by atoms with Gasteiger partial charge in [-0.25, -0.2) is 0 Å². The number of allylic oxidation sites excluding steroid dienone is 2. The van der Waals surface area contributed by atoms with Crippen LogP contribution in [0, 0.1) is 0 Å². The highest BCUT2D eigenvalue weighted by atomic mass is 16.5. The summed E-state index contributed by atoms with van der Waals surface area (Å²) >= 11 is 0. The second-order valence-corrected chi connectivity index (χ2v) is 16.5. The van der Waals surface area contributed by atoms with Gasteiger partial charge >= 0.3 is 0 Å². The first kappa shape index (κ1) is 34.1. The third kappa shape index (κ3) is 5.12. The summed E-state index contributed by atoms with van der Waals surface area (Å²) in [7, 11) is 0. The Hall–Kier alpha value is -7.81. The molecule has 0 fully saturated rings.